The predicted molar refractivity (Wildman–Crippen MR) is 95.0 cm³/mol. The summed E-state index contributed by atoms with van der Waals surface area (Å²) in [5, 5.41) is 9.45. The lowest BCUT2D eigenvalue weighted by atomic mass is 9.87. The highest BCUT2D eigenvalue weighted by Gasteiger charge is 2.43. The Bertz CT molecular complexity index is 756. The lowest BCUT2D eigenvalue weighted by Crippen LogP contribution is -2.58. The summed E-state index contributed by atoms with van der Waals surface area (Å²) < 4.78 is 0. The molecular weight excluding hydrogens is 353 g/mol. The van der Waals surface area contributed by atoms with Crippen LogP contribution in [0.5, 0.6) is 0 Å². The van der Waals surface area contributed by atoms with Crippen LogP contribution < -0.4 is 16.4 Å². The first-order valence-electron chi connectivity index (χ1n) is 7.57. The lowest BCUT2D eigenvalue weighted by Gasteiger charge is -2.46. The predicted octanol–water partition coefficient (Wildman–Crippen LogP) is 2.80. The van der Waals surface area contributed by atoms with Crippen molar-refractivity contribution in [1.29, 1.82) is 0 Å². The van der Waals surface area contributed by atoms with Crippen LogP contribution in [0.2, 0.25) is 10.0 Å². The van der Waals surface area contributed by atoms with Crippen molar-refractivity contribution in [2.45, 2.75) is 37.8 Å². The van der Waals surface area contributed by atoms with Gasteiger partial charge in [-0.1, -0.05) is 29.6 Å². The summed E-state index contributed by atoms with van der Waals surface area (Å²) >= 11 is 12.3. The lowest BCUT2D eigenvalue weighted by molar-refractivity contribution is 0.0697. The second-order valence-electron chi connectivity index (χ2n) is 5.88. The van der Waals surface area contributed by atoms with E-state index >= 15 is 0 Å². The van der Waals surface area contributed by atoms with E-state index < -0.39 is 11.6 Å². The number of anilines is 1. The van der Waals surface area contributed by atoms with Crippen molar-refractivity contribution in [2.24, 2.45) is 21.5 Å². The molecule has 1 spiro atoms. The van der Waals surface area contributed by atoms with Gasteiger partial charge in [0.1, 0.15) is 5.66 Å². The number of rotatable bonds is 2. The third-order valence-electron chi connectivity index (χ3n) is 4.38. The van der Waals surface area contributed by atoms with Crippen LogP contribution in [0.25, 0.3) is 0 Å². The third kappa shape index (κ3) is 2.67. The number of aliphatic imine (C=N–C) groups is 2. The minimum Gasteiger partial charge on any atom is -0.478 e. The van der Waals surface area contributed by atoms with Gasteiger partial charge in [-0.3, -0.25) is 4.90 Å². The van der Waals surface area contributed by atoms with E-state index in [-0.39, 0.29) is 27.5 Å². The van der Waals surface area contributed by atoms with Gasteiger partial charge in [0.05, 0.1) is 21.3 Å². The first kappa shape index (κ1) is 16.9. The summed E-state index contributed by atoms with van der Waals surface area (Å²) in [6.45, 7) is 0. The van der Waals surface area contributed by atoms with Crippen molar-refractivity contribution in [2.75, 3.05) is 4.90 Å². The van der Waals surface area contributed by atoms with Crippen LogP contribution >= 0.6 is 23.2 Å². The second kappa shape index (κ2) is 6.14. The summed E-state index contributed by atoms with van der Waals surface area (Å²) in [6, 6.07) is 3.12. The Kier molecular flexibility index (Phi) is 4.31. The fraction of sp³-hybridized carbons (Fsp3) is 0.400. The maximum absolute atomic E-state index is 11.5. The summed E-state index contributed by atoms with van der Waals surface area (Å²) in [4.78, 5) is 21.7. The van der Waals surface area contributed by atoms with E-state index in [2.05, 4.69) is 9.98 Å². The topological polar surface area (TPSA) is 117 Å². The number of aromatic carboxylic acids is 1. The van der Waals surface area contributed by atoms with E-state index in [1.54, 1.807) is 11.0 Å². The van der Waals surface area contributed by atoms with Gasteiger partial charge in [-0.05, 0) is 37.8 Å². The molecule has 1 saturated carbocycles. The Morgan fingerprint density at radius 1 is 1.21 bits per heavy atom. The van der Waals surface area contributed by atoms with Crippen molar-refractivity contribution >= 4 is 46.8 Å². The minimum absolute atomic E-state index is 0.00812. The molecule has 1 aromatic rings. The van der Waals surface area contributed by atoms with Crippen LogP contribution in [0.1, 0.15) is 42.5 Å². The number of carboxylic acid groups (broad SMARTS) is 1. The molecule has 1 aromatic carbocycles. The Labute approximate surface area is 148 Å². The number of carbonyl (C=O) groups is 1. The molecule has 24 heavy (non-hydrogen) atoms. The SMILES string of the molecule is NC1=NC2(CCCCC2)N(c2ccc(Cl)c(C(=O)O)c2Cl)C(N)=N1. The quantitative estimate of drug-likeness (QED) is 0.740. The number of hydrogen-bond donors (Lipinski definition) is 3. The molecule has 2 aliphatic rings. The van der Waals surface area contributed by atoms with E-state index in [1.165, 1.54) is 6.07 Å². The largest absolute Gasteiger partial charge is 0.478 e. The van der Waals surface area contributed by atoms with E-state index in [0.717, 1.165) is 32.1 Å². The van der Waals surface area contributed by atoms with Crippen molar-refractivity contribution in [3.63, 3.8) is 0 Å². The molecule has 0 bridgehead atoms. The van der Waals surface area contributed by atoms with Gasteiger partial charge in [-0.25, -0.2) is 9.79 Å². The second-order valence-corrected chi connectivity index (χ2v) is 6.66. The average Bonchev–Trinajstić information content (AvgIpc) is 2.49. The zero-order valence-corrected chi connectivity index (χ0v) is 14.3. The highest BCUT2D eigenvalue weighted by molar-refractivity contribution is 6.41. The normalized spacial score (nSPS) is 19.8. The molecule has 3 rings (SSSR count). The standard InChI is InChI=1S/C15H17Cl2N5O2/c16-8-4-5-9(11(17)10(8)12(23)24)22-14(19)20-13(18)21-15(22)6-2-1-3-7-15/h4-5H,1-3,6-7H2,(H,23,24)(H4,18,19,20,21). The molecule has 0 saturated heterocycles. The highest BCUT2D eigenvalue weighted by Crippen LogP contribution is 2.43. The van der Waals surface area contributed by atoms with E-state index in [9.17, 15) is 9.90 Å². The molecule has 0 unspecified atom stereocenters. The molecule has 0 aromatic heterocycles. The number of guanidine groups is 2. The molecule has 9 heteroatoms. The smallest absolute Gasteiger partial charge is 0.338 e. The van der Waals surface area contributed by atoms with Gasteiger partial charge in [-0.2, -0.15) is 4.99 Å². The zero-order valence-electron chi connectivity index (χ0n) is 12.8. The van der Waals surface area contributed by atoms with Crippen molar-refractivity contribution in [1.82, 2.24) is 0 Å². The minimum atomic E-state index is -1.21. The average molecular weight is 370 g/mol. The highest BCUT2D eigenvalue weighted by atomic mass is 35.5. The van der Waals surface area contributed by atoms with Gasteiger partial charge in [0, 0.05) is 0 Å². The molecule has 128 valence electrons. The molecule has 0 amide bonds. The summed E-state index contributed by atoms with van der Waals surface area (Å²) in [5.74, 6) is -0.945. The number of nitrogens with two attached hydrogens (primary N) is 2. The van der Waals surface area contributed by atoms with Crippen molar-refractivity contribution < 1.29 is 9.90 Å². The Morgan fingerprint density at radius 2 is 1.88 bits per heavy atom. The number of carboxylic acids is 1. The molecule has 0 atom stereocenters. The molecule has 1 fully saturated rings. The van der Waals surface area contributed by atoms with Gasteiger partial charge < -0.3 is 16.6 Å². The molecule has 1 heterocycles. The van der Waals surface area contributed by atoms with E-state index in [4.69, 9.17) is 34.7 Å². The van der Waals surface area contributed by atoms with Crippen LogP contribution in [0.15, 0.2) is 22.1 Å². The molecular formula is C15H17Cl2N5O2. The van der Waals surface area contributed by atoms with Crippen LogP contribution in [-0.4, -0.2) is 28.7 Å². The molecule has 5 N–H and O–H groups in total. The van der Waals surface area contributed by atoms with Gasteiger partial charge in [0.15, 0.2) is 0 Å². The third-order valence-corrected chi connectivity index (χ3v) is 5.07. The van der Waals surface area contributed by atoms with E-state index in [1.807, 2.05) is 0 Å². The fourth-order valence-electron chi connectivity index (χ4n) is 3.38. The number of nitrogens with zero attached hydrogens (tertiary/aromatic N) is 3. The van der Waals surface area contributed by atoms with Gasteiger partial charge in [0.25, 0.3) is 0 Å². The van der Waals surface area contributed by atoms with E-state index in [0.29, 0.717) is 5.69 Å². The molecule has 0 radical (unpaired) electrons. The van der Waals surface area contributed by atoms with Gasteiger partial charge in [-0.15, -0.1) is 0 Å². The molecule has 7 nitrogen and oxygen atoms in total. The van der Waals surface area contributed by atoms with Crippen molar-refractivity contribution in [3.8, 4) is 0 Å². The Morgan fingerprint density at radius 3 is 2.50 bits per heavy atom. The van der Waals surface area contributed by atoms with Crippen LogP contribution in [0.4, 0.5) is 5.69 Å². The number of benzene rings is 1. The first-order valence-corrected chi connectivity index (χ1v) is 8.32. The molecule has 1 aliphatic heterocycles. The maximum atomic E-state index is 11.5. The molecule has 1 aliphatic carbocycles. The Balaban J connectivity index is 2.18. The van der Waals surface area contributed by atoms with Crippen molar-refractivity contribution in [3.05, 3.63) is 27.7 Å². The van der Waals surface area contributed by atoms with Gasteiger partial charge in [0.2, 0.25) is 11.9 Å². The van der Waals surface area contributed by atoms with Crippen LogP contribution in [-0.2, 0) is 0 Å². The van der Waals surface area contributed by atoms with Crippen LogP contribution in [0.3, 0.4) is 0 Å². The summed E-state index contributed by atoms with van der Waals surface area (Å²) in [5.41, 5.74) is 11.5. The fourth-order valence-corrected chi connectivity index (χ4v) is 4.00. The summed E-state index contributed by atoms with van der Waals surface area (Å²) in [6.07, 6.45) is 4.46. The summed E-state index contributed by atoms with van der Waals surface area (Å²) in [7, 11) is 0. The Hall–Kier alpha value is -1.99. The first-order chi connectivity index (χ1) is 11.4. The zero-order chi connectivity index (χ0) is 17.5. The maximum Gasteiger partial charge on any atom is 0.338 e. The number of halogens is 2. The van der Waals surface area contributed by atoms with Gasteiger partial charge >= 0.3 is 5.97 Å². The van der Waals surface area contributed by atoms with Crippen LogP contribution in [0, 0.1) is 0 Å². The monoisotopic (exact) mass is 369 g/mol. The number of hydrogen-bond acceptors (Lipinski definition) is 6.